The first-order valence-electron chi connectivity index (χ1n) is 43.4. The third-order valence-corrected chi connectivity index (χ3v) is 23.3. The molecule has 10 aromatic rings. The highest BCUT2D eigenvalue weighted by molar-refractivity contribution is 7.12. The molecule has 2 aliphatic carbocycles. The lowest BCUT2D eigenvalue weighted by Crippen LogP contribution is -2.35. The molecule has 5 aromatic carbocycles. The second kappa shape index (κ2) is 45.9. The second-order valence-electron chi connectivity index (χ2n) is 33.0. The zero-order valence-electron chi connectivity index (χ0n) is 75.0. The third-order valence-electron chi connectivity index (χ3n) is 22.3. The molecule has 132 heavy (non-hydrogen) atoms. The van der Waals surface area contributed by atoms with E-state index < -0.39 is 59.4 Å². The molecule has 2 saturated carbocycles. The van der Waals surface area contributed by atoms with Crippen LogP contribution in [0.25, 0.3) is 45.3 Å². The third kappa shape index (κ3) is 24.8. The summed E-state index contributed by atoms with van der Waals surface area (Å²) in [5.74, 6) is -7.67. The highest BCUT2D eigenvalue weighted by atomic mass is 32.1. The summed E-state index contributed by atoms with van der Waals surface area (Å²) in [6.07, 6.45) is 0.197. The molecule has 8 amide bonds. The van der Waals surface area contributed by atoms with E-state index in [4.69, 9.17) is 22.8 Å². The molecule has 1 aliphatic heterocycles. The lowest BCUT2D eigenvalue weighted by Gasteiger charge is -2.29. The first-order chi connectivity index (χ1) is 62.3. The number of aromatic hydroxyl groups is 8. The van der Waals surface area contributed by atoms with E-state index >= 15 is 0 Å². The van der Waals surface area contributed by atoms with Gasteiger partial charge in [0.05, 0.1) is 46.3 Å². The molecule has 0 bridgehead atoms. The number of halogens is 3. The van der Waals surface area contributed by atoms with E-state index in [-0.39, 0.29) is 212 Å². The molecular formula is C94H116F3N13O21S. The Balaban J connectivity index is 0.000000198. The van der Waals surface area contributed by atoms with Crippen molar-refractivity contribution in [2.24, 2.45) is 17.8 Å². The number of phenols is 8. The van der Waals surface area contributed by atoms with Crippen LogP contribution in [0.3, 0.4) is 0 Å². The van der Waals surface area contributed by atoms with Gasteiger partial charge >= 0.3 is 6.18 Å². The Morgan fingerprint density at radius 2 is 0.742 bits per heavy atom. The number of phenolic OH excluding ortho intramolecular Hbond substituents is 8. The van der Waals surface area contributed by atoms with Gasteiger partial charge < -0.3 is 106 Å². The largest absolute Gasteiger partial charge is 0.508 e. The standard InChI is InChI=1S/C27H32N4O6.C23H28F3N3O5.C22H29N3O5.C21H23N3O5S.CH4/c1-4-28-27(35)24-23(25(37-30-24)20-13-19(16(2)3)21(32)14-22(20)33)29-26(34)18-7-5-17(6-8-18)15-31-9-11-36-12-10-31;1-4-27-22(33)19-18(28-21(32)12-5-7-13(8-6-12)23(24,25)26)20(34-29-19)15-9-14(11(2)3)16(30)10-17(15)31;1-4-23-22(29)19-18(24-21(28)13-8-6-5-7-9-13)20(30-25-19)15-10-14(12(2)3)16(26)11-17(15)27;1-5-22-20(27)17-16(23-21(28)19-11(4)6-7-30-19)18(29-24-17)13-8-12(10(2)3)14(25)9-15(13)26;/h5-8,13-14,16,32-33H,4,9-12,15H2,1-3H3,(H,28,35)(H,29,34);9-13,30-31H,4-8H2,1-3H3,(H,27,33)(H,28,32);10-13,26-27H,4-9H2,1-3H3,(H,23,29)(H,24,28);6-10,25-26H,5H2,1-4H3,(H,22,27)(H,23,28);1H4. The van der Waals surface area contributed by atoms with Crippen molar-refractivity contribution in [3.63, 3.8) is 0 Å². The number of aryl methyl sites for hydroxylation is 1. The van der Waals surface area contributed by atoms with Crippen molar-refractivity contribution in [2.45, 2.75) is 192 Å². The maximum atomic E-state index is 13.2. The van der Waals surface area contributed by atoms with E-state index in [1.54, 1.807) is 63.4 Å². The molecule has 1 saturated heterocycles. The average molecular weight is 1850 g/mol. The van der Waals surface area contributed by atoms with Crippen molar-refractivity contribution in [1.82, 2.24) is 46.8 Å². The number of benzene rings is 5. The van der Waals surface area contributed by atoms with E-state index in [9.17, 15) is 92.4 Å². The number of thiophene rings is 1. The van der Waals surface area contributed by atoms with Crippen molar-refractivity contribution in [2.75, 3.05) is 73.7 Å². The first-order valence-corrected chi connectivity index (χ1v) is 44.3. The lowest BCUT2D eigenvalue weighted by molar-refractivity contribution is -0.184. The Hall–Kier alpha value is -13.5. The normalized spacial score (nSPS) is 14.6. The topological polar surface area (TPSA) is 511 Å². The van der Waals surface area contributed by atoms with Gasteiger partial charge in [-0.05, 0) is 178 Å². The fourth-order valence-electron chi connectivity index (χ4n) is 15.1. The van der Waals surface area contributed by atoms with Crippen molar-refractivity contribution in [3.8, 4) is 91.3 Å². The predicted molar refractivity (Wildman–Crippen MR) is 489 cm³/mol. The summed E-state index contributed by atoms with van der Waals surface area (Å²) in [6.45, 7) is 29.1. The van der Waals surface area contributed by atoms with Gasteiger partial charge in [0.1, 0.15) is 68.7 Å². The highest BCUT2D eigenvalue weighted by Gasteiger charge is 2.44. The minimum atomic E-state index is -4.29. The maximum absolute atomic E-state index is 13.2. The van der Waals surface area contributed by atoms with Gasteiger partial charge in [0.15, 0.2) is 45.8 Å². The molecule has 710 valence electrons. The number of ether oxygens (including phenoxy) is 1. The van der Waals surface area contributed by atoms with Crippen LogP contribution in [0, 0.1) is 24.7 Å². The molecule has 38 heteroatoms. The van der Waals surface area contributed by atoms with Crippen LogP contribution in [0.4, 0.5) is 35.9 Å². The van der Waals surface area contributed by atoms with Gasteiger partial charge in [-0.2, -0.15) is 13.2 Å². The smallest absolute Gasteiger partial charge is 0.391 e. The van der Waals surface area contributed by atoms with Crippen LogP contribution >= 0.6 is 11.3 Å². The Morgan fingerprint density at radius 1 is 0.424 bits per heavy atom. The molecule has 0 unspecified atom stereocenters. The quantitative estimate of drug-likeness (QED) is 0.0239. The summed E-state index contributed by atoms with van der Waals surface area (Å²) >= 11 is 1.27. The van der Waals surface area contributed by atoms with Gasteiger partial charge in [-0.25, -0.2) is 0 Å². The van der Waals surface area contributed by atoms with Crippen molar-refractivity contribution >= 4 is 81.3 Å². The van der Waals surface area contributed by atoms with Gasteiger partial charge in [-0.15, -0.1) is 11.3 Å². The molecule has 0 spiro atoms. The summed E-state index contributed by atoms with van der Waals surface area (Å²) in [4.78, 5) is 105. The number of amides is 8. The molecule has 0 atom stereocenters. The fraction of sp³-hybridized carbons (Fsp3) is 0.426. The fourth-order valence-corrected chi connectivity index (χ4v) is 16.0. The monoisotopic (exact) mass is 1850 g/mol. The Morgan fingerprint density at radius 3 is 1.05 bits per heavy atom. The highest BCUT2D eigenvalue weighted by Crippen LogP contribution is 2.49. The van der Waals surface area contributed by atoms with E-state index in [2.05, 4.69) is 68.1 Å². The number of hydrogen-bond donors (Lipinski definition) is 16. The molecule has 16 N–H and O–H groups in total. The summed E-state index contributed by atoms with van der Waals surface area (Å²) in [5.41, 5.74) is 4.86. The maximum Gasteiger partial charge on any atom is 0.391 e. The van der Waals surface area contributed by atoms with Gasteiger partial charge in [0, 0.05) is 87.5 Å². The number of rotatable bonds is 26. The number of nitrogens with one attached hydrogen (secondary N) is 8. The first kappa shape index (κ1) is 102. The number of hydrogen-bond acceptors (Lipinski definition) is 27. The number of carbonyl (C=O) groups is 8. The zero-order chi connectivity index (χ0) is 95.6. The summed E-state index contributed by atoms with van der Waals surface area (Å²) in [5, 5.41) is 121. The summed E-state index contributed by atoms with van der Waals surface area (Å²) in [7, 11) is 0. The SMILES string of the molecule is C.CCNC(=O)c1noc(-c2cc(C(C)C)c(O)cc2O)c1NC(=O)C1CCC(C(F)(F)F)CC1.CCNC(=O)c1noc(-c2cc(C(C)C)c(O)cc2O)c1NC(=O)C1CCCCC1.CCNC(=O)c1noc(-c2cc(C(C)C)c(O)cc2O)c1NC(=O)c1ccc(CN2CCOCC2)cc1.CCNC(=O)c1noc(-c2cc(C(C)C)c(O)cc2O)c1NC(=O)c1sccc1C. The minimum absolute atomic E-state index is 0. The molecule has 34 nitrogen and oxygen atoms in total. The predicted octanol–water partition coefficient (Wildman–Crippen LogP) is 17.7. The Labute approximate surface area is 764 Å². The van der Waals surface area contributed by atoms with Crippen LogP contribution in [0.5, 0.6) is 46.0 Å². The van der Waals surface area contributed by atoms with Crippen LogP contribution in [0.1, 0.15) is 267 Å². The number of alkyl halides is 3. The average Bonchev–Trinajstić information content (AvgIpc) is 1.63. The second-order valence-corrected chi connectivity index (χ2v) is 34.0. The zero-order valence-corrected chi connectivity index (χ0v) is 75.8. The molecule has 6 heterocycles. The number of aromatic nitrogens is 4. The molecule has 3 fully saturated rings. The number of carbonyl (C=O) groups excluding carboxylic acids is 8. The van der Waals surface area contributed by atoms with Gasteiger partial charge in [-0.1, -0.05) is 115 Å². The van der Waals surface area contributed by atoms with Crippen LogP contribution < -0.4 is 42.5 Å². The van der Waals surface area contributed by atoms with Crippen molar-refractivity contribution in [1.29, 1.82) is 0 Å². The van der Waals surface area contributed by atoms with Crippen molar-refractivity contribution < 1.29 is 115 Å². The number of morpholine rings is 1. The van der Waals surface area contributed by atoms with E-state index in [1.807, 2.05) is 80.5 Å². The number of nitrogens with zero attached hydrogens (tertiary/aromatic N) is 5. The Bertz CT molecular complexity index is 5730. The van der Waals surface area contributed by atoms with Crippen LogP contribution in [-0.2, 0) is 20.9 Å². The van der Waals surface area contributed by atoms with E-state index in [0.29, 0.717) is 65.5 Å². The van der Waals surface area contributed by atoms with Gasteiger partial charge in [0.2, 0.25) is 11.8 Å². The van der Waals surface area contributed by atoms with Gasteiger partial charge in [0.25, 0.3) is 35.4 Å². The minimum Gasteiger partial charge on any atom is -0.508 e. The number of anilines is 4. The summed E-state index contributed by atoms with van der Waals surface area (Å²) < 4.78 is 65.9. The Kier molecular flexibility index (Phi) is 35.5. The molecular weight excluding hydrogens is 1740 g/mol. The van der Waals surface area contributed by atoms with Crippen LogP contribution in [-0.4, -0.2) is 172 Å². The van der Waals surface area contributed by atoms with Gasteiger partial charge in [-0.3, -0.25) is 43.3 Å². The van der Waals surface area contributed by atoms with Crippen molar-refractivity contribution in [3.05, 3.63) is 151 Å². The van der Waals surface area contributed by atoms with Crippen LogP contribution in [0.15, 0.2) is 102 Å². The molecule has 0 radical (unpaired) electrons. The lowest BCUT2D eigenvalue weighted by atomic mass is 9.81. The van der Waals surface area contributed by atoms with E-state index in [1.165, 1.54) is 35.6 Å². The van der Waals surface area contributed by atoms with Crippen LogP contribution in [0.2, 0.25) is 0 Å². The van der Waals surface area contributed by atoms with E-state index in [0.717, 1.165) is 68.9 Å². The molecule has 5 aromatic heterocycles. The summed E-state index contributed by atoms with van der Waals surface area (Å²) in [6, 6.07) is 20.0. The molecule has 3 aliphatic rings. The molecule has 13 rings (SSSR count).